The van der Waals surface area contributed by atoms with Gasteiger partial charge >= 0.3 is 0 Å². The Kier molecular flexibility index (Phi) is 6.28. The summed E-state index contributed by atoms with van der Waals surface area (Å²) in [7, 11) is -3.21. The molecule has 0 aromatic heterocycles. The lowest BCUT2D eigenvalue weighted by Gasteiger charge is -2.31. The second kappa shape index (κ2) is 6.97. The van der Waals surface area contributed by atoms with Crippen LogP contribution in [0.2, 0.25) is 0 Å². The Morgan fingerprint density at radius 1 is 1.14 bits per heavy atom. The number of rotatable bonds is 8. The van der Waals surface area contributed by atoms with Gasteiger partial charge in [0.2, 0.25) is 10.0 Å². The van der Waals surface area contributed by atoms with Crippen LogP contribution in [0, 0.1) is 16.7 Å². The Hall–Kier alpha value is -0.130. The summed E-state index contributed by atoms with van der Waals surface area (Å²) in [6.45, 7) is 13.8. The highest BCUT2D eigenvalue weighted by Gasteiger charge is 2.40. The van der Waals surface area contributed by atoms with Gasteiger partial charge in [0.15, 0.2) is 0 Å². The molecule has 1 unspecified atom stereocenters. The van der Waals surface area contributed by atoms with Crippen molar-refractivity contribution >= 4 is 10.0 Å². The standard InChI is InChI=1S/C16H33NO3S/c1-15(2,3)12-20-10-7-11-21(18,19)17-14(13-8-9-13)16(4,5)6/h13-14,17H,7-12H2,1-6H3. The van der Waals surface area contributed by atoms with Crippen molar-refractivity contribution in [2.45, 2.75) is 66.8 Å². The van der Waals surface area contributed by atoms with Crippen LogP contribution in [-0.2, 0) is 14.8 Å². The first-order valence-electron chi connectivity index (χ1n) is 7.98. The van der Waals surface area contributed by atoms with Crippen LogP contribution in [0.1, 0.15) is 60.8 Å². The fourth-order valence-corrected chi connectivity index (χ4v) is 3.94. The molecule has 1 rings (SSSR count). The number of hydrogen-bond acceptors (Lipinski definition) is 3. The second-order valence-electron chi connectivity index (χ2n) is 8.58. The Morgan fingerprint density at radius 3 is 2.14 bits per heavy atom. The lowest BCUT2D eigenvalue weighted by atomic mass is 9.84. The van der Waals surface area contributed by atoms with E-state index < -0.39 is 10.0 Å². The fraction of sp³-hybridized carbons (Fsp3) is 1.00. The minimum atomic E-state index is -3.21. The lowest BCUT2D eigenvalue weighted by Crippen LogP contribution is -2.46. The van der Waals surface area contributed by atoms with Gasteiger partial charge in [0.1, 0.15) is 0 Å². The molecule has 0 amide bonds. The van der Waals surface area contributed by atoms with E-state index in [9.17, 15) is 8.42 Å². The molecule has 0 bridgehead atoms. The molecule has 1 saturated carbocycles. The first kappa shape index (κ1) is 18.9. The summed E-state index contributed by atoms with van der Waals surface area (Å²) < 4.78 is 32.9. The van der Waals surface area contributed by atoms with Crippen LogP contribution in [-0.4, -0.2) is 33.4 Å². The second-order valence-corrected chi connectivity index (χ2v) is 10.5. The van der Waals surface area contributed by atoms with E-state index in [0.29, 0.717) is 25.6 Å². The van der Waals surface area contributed by atoms with Gasteiger partial charge in [0.25, 0.3) is 0 Å². The van der Waals surface area contributed by atoms with E-state index in [1.165, 1.54) is 0 Å². The van der Waals surface area contributed by atoms with E-state index >= 15 is 0 Å². The topological polar surface area (TPSA) is 55.4 Å². The SMILES string of the molecule is CC(C)(C)COCCCS(=O)(=O)NC(C1CC1)C(C)(C)C. The fourth-order valence-electron chi connectivity index (χ4n) is 2.39. The first-order valence-corrected chi connectivity index (χ1v) is 9.64. The first-order chi connectivity index (χ1) is 9.41. The van der Waals surface area contributed by atoms with Gasteiger partial charge in [-0.15, -0.1) is 0 Å². The van der Waals surface area contributed by atoms with Gasteiger partial charge < -0.3 is 4.74 Å². The molecule has 0 aromatic carbocycles. The van der Waals surface area contributed by atoms with E-state index in [0.717, 1.165) is 12.8 Å². The van der Waals surface area contributed by atoms with Crippen molar-refractivity contribution in [2.75, 3.05) is 19.0 Å². The molecular weight excluding hydrogens is 286 g/mol. The van der Waals surface area contributed by atoms with Crippen LogP contribution < -0.4 is 4.72 Å². The largest absolute Gasteiger partial charge is 0.381 e. The summed E-state index contributed by atoms with van der Waals surface area (Å²) in [4.78, 5) is 0. The summed E-state index contributed by atoms with van der Waals surface area (Å²) in [6, 6.07) is 0.0537. The number of nitrogens with one attached hydrogen (secondary N) is 1. The van der Waals surface area contributed by atoms with Gasteiger partial charge in [-0.25, -0.2) is 13.1 Å². The van der Waals surface area contributed by atoms with Gasteiger partial charge in [-0.2, -0.15) is 0 Å². The maximum atomic E-state index is 12.2. The van der Waals surface area contributed by atoms with Gasteiger partial charge in [0, 0.05) is 12.6 Å². The molecule has 4 nitrogen and oxygen atoms in total. The number of hydrogen-bond donors (Lipinski definition) is 1. The molecule has 0 saturated heterocycles. The minimum Gasteiger partial charge on any atom is -0.381 e. The predicted molar refractivity (Wildman–Crippen MR) is 87.8 cm³/mol. The molecule has 0 aromatic rings. The third kappa shape index (κ3) is 8.17. The monoisotopic (exact) mass is 319 g/mol. The quantitative estimate of drug-likeness (QED) is 0.699. The van der Waals surface area contributed by atoms with Crippen LogP contribution >= 0.6 is 0 Å². The van der Waals surface area contributed by atoms with E-state index in [1.807, 2.05) is 0 Å². The van der Waals surface area contributed by atoms with E-state index in [1.54, 1.807) is 0 Å². The molecule has 0 aliphatic heterocycles. The lowest BCUT2D eigenvalue weighted by molar-refractivity contribution is 0.0720. The maximum Gasteiger partial charge on any atom is 0.211 e. The van der Waals surface area contributed by atoms with Crippen LogP contribution in [0.25, 0.3) is 0 Å². The molecule has 1 N–H and O–H groups in total. The van der Waals surface area contributed by atoms with Crippen molar-refractivity contribution in [1.29, 1.82) is 0 Å². The predicted octanol–water partition coefficient (Wildman–Crippen LogP) is 3.18. The van der Waals surface area contributed by atoms with Gasteiger partial charge in [-0.05, 0) is 36.0 Å². The highest BCUT2D eigenvalue weighted by molar-refractivity contribution is 7.89. The molecule has 0 spiro atoms. The molecule has 1 fully saturated rings. The van der Waals surface area contributed by atoms with Gasteiger partial charge in [-0.3, -0.25) is 0 Å². The summed E-state index contributed by atoms with van der Waals surface area (Å²) in [6.07, 6.45) is 2.82. The molecular formula is C16H33NO3S. The molecule has 1 aliphatic carbocycles. The number of ether oxygens (including phenoxy) is 1. The summed E-state index contributed by atoms with van der Waals surface area (Å²) >= 11 is 0. The average molecular weight is 320 g/mol. The van der Waals surface area contributed by atoms with Crippen LogP contribution in [0.4, 0.5) is 0 Å². The zero-order valence-electron chi connectivity index (χ0n) is 14.5. The minimum absolute atomic E-state index is 0.0308. The van der Waals surface area contributed by atoms with Crippen LogP contribution in [0.3, 0.4) is 0 Å². The van der Waals surface area contributed by atoms with Crippen molar-refractivity contribution in [3.8, 4) is 0 Å². The highest BCUT2D eigenvalue weighted by atomic mass is 32.2. The molecule has 21 heavy (non-hydrogen) atoms. The van der Waals surface area contributed by atoms with Gasteiger partial charge in [-0.1, -0.05) is 41.5 Å². The summed E-state index contributed by atoms with van der Waals surface area (Å²) in [5.74, 6) is 0.660. The van der Waals surface area contributed by atoms with E-state index in [-0.39, 0.29) is 22.6 Å². The molecule has 126 valence electrons. The van der Waals surface area contributed by atoms with E-state index in [2.05, 4.69) is 46.3 Å². The smallest absolute Gasteiger partial charge is 0.211 e. The van der Waals surface area contributed by atoms with Crippen molar-refractivity contribution in [3.05, 3.63) is 0 Å². The summed E-state index contributed by atoms with van der Waals surface area (Å²) in [5, 5.41) is 0. The Balaban J connectivity index is 2.36. The zero-order chi connectivity index (χ0) is 16.3. The zero-order valence-corrected chi connectivity index (χ0v) is 15.3. The number of sulfonamides is 1. The Bertz CT molecular complexity index is 414. The highest BCUT2D eigenvalue weighted by Crippen LogP contribution is 2.40. The molecule has 1 atom stereocenters. The molecule has 0 radical (unpaired) electrons. The van der Waals surface area contributed by atoms with Crippen LogP contribution in [0.15, 0.2) is 0 Å². The Labute approximate surface area is 131 Å². The van der Waals surface area contributed by atoms with Crippen molar-refractivity contribution < 1.29 is 13.2 Å². The third-order valence-corrected chi connectivity index (χ3v) is 5.01. The summed E-state index contributed by atoms with van der Waals surface area (Å²) in [5.41, 5.74) is 0.0946. The van der Waals surface area contributed by atoms with E-state index in [4.69, 9.17) is 4.74 Å². The van der Waals surface area contributed by atoms with Crippen LogP contribution in [0.5, 0.6) is 0 Å². The average Bonchev–Trinajstić information content (AvgIpc) is 3.06. The van der Waals surface area contributed by atoms with Crippen molar-refractivity contribution in [3.63, 3.8) is 0 Å². The molecule has 5 heteroatoms. The third-order valence-electron chi connectivity index (χ3n) is 3.57. The molecule has 1 aliphatic rings. The van der Waals surface area contributed by atoms with Crippen molar-refractivity contribution in [2.24, 2.45) is 16.7 Å². The van der Waals surface area contributed by atoms with Crippen molar-refractivity contribution in [1.82, 2.24) is 4.72 Å². The Morgan fingerprint density at radius 2 is 1.71 bits per heavy atom. The van der Waals surface area contributed by atoms with Gasteiger partial charge in [0.05, 0.1) is 12.4 Å². The molecule has 0 heterocycles. The normalized spacial score (nSPS) is 18.8. The maximum absolute atomic E-state index is 12.2.